The molecule has 0 radical (unpaired) electrons. The van der Waals surface area contributed by atoms with E-state index in [1.807, 2.05) is 42.0 Å². The van der Waals surface area contributed by atoms with Crippen LogP contribution in [0.3, 0.4) is 0 Å². The monoisotopic (exact) mass is 336 g/mol. The maximum Gasteiger partial charge on any atom is 0.260 e. The van der Waals surface area contributed by atoms with Crippen LogP contribution in [-0.2, 0) is 11.3 Å². The smallest absolute Gasteiger partial charge is 0.260 e. The average molecular weight is 336 g/mol. The van der Waals surface area contributed by atoms with E-state index in [-0.39, 0.29) is 12.5 Å². The molecule has 5 heteroatoms. The second-order valence-electron chi connectivity index (χ2n) is 7.77. The first-order chi connectivity index (χ1) is 12.0. The molecule has 1 saturated carbocycles. The molecule has 2 bridgehead atoms. The summed E-state index contributed by atoms with van der Waals surface area (Å²) in [6.45, 7) is 6.80. The van der Waals surface area contributed by atoms with Crippen LogP contribution in [0.4, 0.5) is 0 Å². The van der Waals surface area contributed by atoms with Crippen molar-refractivity contribution in [3.63, 3.8) is 0 Å². The number of hydrogen-bond acceptors (Lipinski definition) is 3. The van der Waals surface area contributed by atoms with Gasteiger partial charge in [0, 0.05) is 0 Å². The molecule has 3 aliphatic rings. The zero-order valence-corrected chi connectivity index (χ0v) is 15.0. The number of fused-ring (bicyclic) bond motifs is 2. The third-order valence-corrected chi connectivity index (χ3v) is 6.06. The Morgan fingerprint density at radius 2 is 2.24 bits per heavy atom. The normalized spacial score (nSPS) is 24.2. The highest BCUT2D eigenvalue weighted by atomic mass is 16.2. The van der Waals surface area contributed by atoms with Crippen molar-refractivity contribution < 1.29 is 4.79 Å². The van der Waals surface area contributed by atoms with Crippen molar-refractivity contribution in [2.75, 3.05) is 0 Å². The number of amides is 1. The van der Waals surface area contributed by atoms with Gasteiger partial charge in [-0.3, -0.25) is 4.79 Å². The van der Waals surface area contributed by atoms with Crippen LogP contribution in [0.15, 0.2) is 41.0 Å². The van der Waals surface area contributed by atoms with E-state index in [0.29, 0.717) is 11.3 Å². The summed E-state index contributed by atoms with van der Waals surface area (Å²) < 4.78 is 1.92. The molecule has 0 spiro atoms. The van der Waals surface area contributed by atoms with Crippen molar-refractivity contribution in [2.45, 2.75) is 40.2 Å². The van der Waals surface area contributed by atoms with Gasteiger partial charge in [-0.05, 0) is 54.7 Å². The molecule has 5 rings (SSSR count). The standard InChI is InChI=1S/C20H24N4O/c1-13-22-17-6-4-5-7-18(17)24(13)12-19(25)23-21-11-14-8-9-15-10-16(14)20(15,2)3/h4-8,11,15-16H,9-10,12H2,1-3H3,(H,23,25)/b21-11-/t15-,16+/m0/s1. The quantitative estimate of drug-likeness (QED) is 0.687. The molecule has 5 nitrogen and oxygen atoms in total. The van der Waals surface area contributed by atoms with Gasteiger partial charge in [0.15, 0.2) is 0 Å². The highest BCUT2D eigenvalue weighted by molar-refractivity contribution is 5.84. The fraction of sp³-hybridized carbons (Fsp3) is 0.450. The Labute approximate surface area is 147 Å². The molecule has 3 aliphatic carbocycles. The summed E-state index contributed by atoms with van der Waals surface area (Å²) in [4.78, 5) is 16.8. The summed E-state index contributed by atoms with van der Waals surface area (Å²) in [5.41, 5.74) is 6.17. The summed E-state index contributed by atoms with van der Waals surface area (Å²) >= 11 is 0. The van der Waals surface area contributed by atoms with Gasteiger partial charge in [0.05, 0.1) is 17.2 Å². The fourth-order valence-corrected chi connectivity index (χ4v) is 4.30. The summed E-state index contributed by atoms with van der Waals surface area (Å²) in [6.07, 6.45) is 6.48. The van der Waals surface area contributed by atoms with E-state index in [1.165, 1.54) is 12.0 Å². The van der Waals surface area contributed by atoms with E-state index in [9.17, 15) is 4.79 Å². The van der Waals surface area contributed by atoms with Crippen molar-refractivity contribution in [2.24, 2.45) is 22.4 Å². The topological polar surface area (TPSA) is 59.3 Å². The number of rotatable bonds is 4. The number of allylic oxidation sites excluding steroid dienone is 2. The van der Waals surface area contributed by atoms with Gasteiger partial charge in [-0.25, -0.2) is 10.4 Å². The van der Waals surface area contributed by atoms with Crippen LogP contribution < -0.4 is 5.43 Å². The lowest BCUT2D eigenvalue weighted by Crippen LogP contribution is -2.48. The number of carbonyl (C=O) groups excluding carboxylic acids is 1. The van der Waals surface area contributed by atoms with E-state index in [2.05, 4.69) is 35.4 Å². The van der Waals surface area contributed by atoms with Crippen LogP contribution in [0.1, 0.15) is 32.5 Å². The van der Waals surface area contributed by atoms with E-state index in [0.717, 1.165) is 29.2 Å². The fourth-order valence-electron chi connectivity index (χ4n) is 4.30. The zero-order chi connectivity index (χ0) is 17.6. The molecule has 2 atom stereocenters. The number of aryl methyl sites for hydroxylation is 1. The lowest BCUT2D eigenvalue weighted by atomic mass is 9.49. The Morgan fingerprint density at radius 1 is 1.44 bits per heavy atom. The van der Waals surface area contributed by atoms with E-state index >= 15 is 0 Å². The Kier molecular flexibility index (Phi) is 3.74. The number of carbonyl (C=O) groups is 1. The third-order valence-electron chi connectivity index (χ3n) is 6.06. The molecule has 1 amide bonds. The van der Waals surface area contributed by atoms with Crippen LogP contribution in [0.5, 0.6) is 0 Å². The van der Waals surface area contributed by atoms with Crippen molar-refractivity contribution in [1.82, 2.24) is 15.0 Å². The lowest BCUT2D eigenvalue weighted by Gasteiger charge is -2.55. The number of aromatic nitrogens is 2. The molecule has 2 aromatic rings. The van der Waals surface area contributed by atoms with Gasteiger partial charge in [-0.2, -0.15) is 5.10 Å². The second kappa shape index (κ2) is 5.83. The predicted octanol–water partition coefficient (Wildman–Crippen LogP) is 3.44. The molecule has 130 valence electrons. The van der Waals surface area contributed by atoms with Gasteiger partial charge in [-0.15, -0.1) is 0 Å². The third kappa shape index (κ3) is 2.68. The number of imidazole rings is 1. The number of para-hydroxylation sites is 2. The lowest BCUT2D eigenvalue weighted by molar-refractivity contribution is -0.121. The molecule has 1 fully saturated rings. The van der Waals surface area contributed by atoms with Gasteiger partial charge < -0.3 is 4.57 Å². The number of nitrogens with one attached hydrogen (secondary N) is 1. The maximum absolute atomic E-state index is 12.3. The molecule has 1 heterocycles. The SMILES string of the molecule is Cc1nc2ccccc2n1CC(=O)N/N=C\C1=CC[C@H]2C[C@H]1C2(C)C. The van der Waals surface area contributed by atoms with Gasteiger partial charge >= 0.3 is 0 Å². The van der Waals surface area contributed by atoms with Crippen LogP contribution in [0.25, 0.3) is 11.0 Å². The maximum atomic E-state index is 12.3. The Bertz CT molecular complexity index is 890. The molecule has 25 heavy (non-hydrogen) atoms. The highest BCUT2D eigenvalue weighted by Crippen LogP contribution is 2.58. The van der Waals surface area contributed by atoms with Gasteiger partial charge in [0.1, 0.15) is 12.4 Å². The molecule has 1 aromatic carbocycles. The minimum Gasteiger partial charge on any atom is -0.319 e. The first-order valence-corrected chi connectivity index (χ1v) is 8.90. The highest BCUT2D eigenvalue weighted by Gasteiger charge is 2.50. The van der Waals surface area contributed by atoms with Crippen molar-refractivity contribution in [3.8, 4) is 0 Å². The van der Waals surface area contributed by atoms with Crippen molar-refractivity contribution in [3.05, 3.63) is 41.7 Å². The summed E-state index contributed by atoms with van der Waals surface area (Å²) in [5.74, 6) is 2.08. The minimum atomic E-state index is -0.135. The van der Waals surface area contributed by atoms with Gasteiger partial charge in [-0.1, -0.05) is 32.1 Å². The molecule has 0 aliphatic heterocycles. The van der Waals surface area contributed by atoms with Gasteiger partial charge in [0.2, 0.25) is 0 Å². The number of benzene rings is 1. The van der Waals surface area contributed by atoms with Gasteiger partial charge in [0.25, 0.3) is 5.91 Å². The second-order valence-corrected chi connectivity index (χ2v) is 7.77. The molecular formula is C20H24N4O. The molecular weight excluding hydrogens is 312 g/mol. The average Bonchev–Trinajstić information content (AvgIpc) is 2.90. The van der Waals surface area contributed by atoms with Crippen molar-refractivity contribution >= 4 is 23.2 Å². The van der Waals surface area contributed by atoms with Crippen LogP contribution >= 0.6 is 0 Å². The minimum absolute atomic E-state index is 0.135. The first-order valence-electron chi connectivity index (χ1n) is 8.90. The van der Waals surface area contributed by atoms with E-state index < -0.39 is 0 Å². The Balaban J connectivity index is 1.41. The summed E-state index contributed by atoms with van der Waals surface area (Å²) in [6, 6.07) is 7.85. The predicted molar refractivity (Wildman–Crippen MR) is 99.2 cm³/mol. The molecule has 0 saturated heterocycles. The number of hydrazone groups is 1. The summed E-state index contributed by atoms with van der Waals surface area (Å²) in [5, 5.41) is 4.20. The largest absolute Gasteiger partial charge is 0.319 e. The van der Waals surface area contributed by atoms with Crippen LogP contribution in [-0.4, -0.2) is 21.7 Å². The van der Waals surface area contributed by atoms with Crippen LogP contribution in [0.2, 0.25) is 0 Å². The van der Waals surface area contributed by atoms with Crippen LogP contribution in [0, 0.1) is 24.2 Å². The first kappa shape index (κ1) is 16.1. The van der Waals surface area contributed by atoms with Crippen molar-refractivity contribution in [1.29, 1.82) is 0 Å². The Hall–Kier alpha value is -2.43. The Morgan fingerprint density at radius 3 is 3.00 bits per heavy atom. The molecule has 1 aromatic heterocycles. The number of hydrogen-bond donors (Lipinski definition) is 1. The van der Waals surface area contributed by atoms with E-state index in [1.54, 1.807) is 0 Å². The zero-order valence-electron chi connectivity index (χ0n) is 15.0. The summed E-state index contributed by atoms with van der Waals surface area (Å²) in [7, 11) is 0. The van der Waals surface area contributed by atoms with E-state index in [4.69, 9.17) is 0 Å². The molecule has 0 unspecified atom stereocenters. The number of nitrogens with zero attached hydrogens (tertiary/aromatic N) is 3. The molecule has 1 N–H and O–H groups in total.